The first-order valence-corrected chi connectivity index (χ1v) is 4.61. The summed E-state index contributed by atoms with van der Waals surface area (Å²) in [6, 6.07) is 0. The Morgan fingerprint density at radius 2 is 2.15 bits per heavy atom. The predicted octanol–water partition coefficient (Wildman–Crippen LogP) is 0.314. The van der Waals surface area contributed by atoms with E-state index in [0.717, 1.165) is 13.0 Å². The summed E-state index contributed by atoms with van der Waals surface area (Å²) in [6.45, 7) is 0.832. The van der Waals surface area contributed by atoms with Crippen molar-refractivity contribution >= 4 is 11.8 Å². The van der Waals surface area contributed by atoms with Crippen molar-refractivity contribution < 1.29 is 14.3 Å². The maximum Gasteiger partial charge on any atom is 0.308 e. The molecule has 72 valence electrons. The number of likely N-dealkylation sites (N-methyl/N-ethyl adjacent to an activating group) is 1. The maximum absolute atomic E-state index is 11.7. The van der Waals surface area contributed by atoms with Gasteiger partial charge in [-0.05, 0) is 13.5 Å². The third-order valence-electron chi connectivity index (χ3n) is 2.90. The Kier molecular flexibility index (Phi) is 1.87. The van der Waals surface area contributed by atoms with Crippen molar-refractivity contribution in [1.29, 1.82) is 0 Å². The van der Waals surface area contributed by atoms with Gasteiger partial charge in [0.2, 0.25) is 5.72 Å². The van der Waals surface area contributed by atoms with Gasteiger partial charge in [0, 0.05) is 19.4 Å². The van der Waals surface area contributed by atoms with Crippen LogP contribution >= 0.6 is 0 Å². The molecule has 2 heterocycles. The van der Waals surface area contributed by atoms with Crippen LogP contribution in [-0.2, 0) is 14.3 Å². The molecule has 0 aromatic heterocycles. The van der Waals surface area contributed by atoms with Crippen LogP contribution in [0.1, 0.15) is 25.7 Å². The summed E-state index contributed by atoms with van der Waals surface area (Å²) < 4.78 is 5.20. The van der Waals surface area contributed by atoms with Crippen LogP contribution < -0.4 is 0 Å². The lowest BCUT2D eigenvalue weighted by molar-refractivity contribution is -0.190. The number of hydrogen-bond acceptors (Lipinski definition) is 4. The number of ketones is 1. The fourth-order valence-electron chi connectivity index (χ4n) is 2.12. The Bertz CT molecular complexity index is 264. The van der Waals surface area contributed by atoms with E-state index in [0.29, 0.717) is 12.8 Å². The number of nitrogens with zero attached hydrogens (tertiary/aromatic N) is 1. The molecular formula is C9H13NO3. The molecule has 0 aromatic rings. The van der Waals surface area contributed by atoms with E-state index >= 15 is 0 Å². The summed E-state index contributed by atoms with van der Waals surface area (Å²) in [4.78, 5) is 24.6. The molecule has 4 heteroatoms. The average molecular weight is 183 g/mol. The average Bonchev–Trinajstić information content (AvgIpc) is 2.43. The zero-order valence-electron chi connectivity index (χ0n) is 7.71. The van der Waals surface area contributed by atoms with E-state index in [1.165, 1.54) is 0 Å². The lowest BCUT2D eigenvalue weighted by Gasteiger charge is -2.36. The Morgan fingerprint density at radius 3 is 2.77 bits per heavy atom. The van der Waals surface area contributed by atoms with E-state index in [1.54, 1.807) is 0 Å². The van der Waals surface area contributed by atoms with Gasteiger partial charge in [-0.25, -0.2) is 0 Å². The van der Waals surface area contributed by atoms with Gasteiger partial charge in [-0.15, -0.1) is 0 Å². The monoisotopic (exact) mass is 183 g/mol. The number of rotatable bonds is 0. The first-order chi connectivity index (χ1) is 6.15. The zero-order valence-corrected chi connectivity index (χ0v) is 7.71. The van der Waals surface area contributed by atoms with Crippen molar-refractivity contribution in [3.8, 4) is 0 Å². The number of carbonyl (C=O) groups excluding carboxylic acids is 2. The largest absolute Gasteiger partial charge is 0.436 e. The topological polar surface area (TPSA) is 46.6 Å². The molecule has 4 nitrogen and oxygen atoms in total. The number of esters is 1. The molecule has 1 atom stereocenters. The highest BCUT2D eigenvalue weighted by molar-refractivity contribution is 5.94. The second kappa shape index (κ2) is 2.80. The summed E-state index contributed by atoms with van der Waals surface area (Å²) in [5, 5.41) is 0. The molecule has 1 unspecified atom stereocenters. The summed E-state index contributed by atoms with van der Waals surface area (Å²) in [5.74, 6) is -0.180. The third kappa shape index (κ3) is 1.16. The fraction of sp³-hybridized carbons (Fsp3) is 0.778. The van der Waals surface area contributed by atoms with Crippen LogP contribution in [0.4, 0.5) is 0 Å². The Labute approximate surface area is 76.8 Å². The number of carbonyl (C=O) groups is 2. The van der Waals surface area contributed by atoms with E-state index < -0.39 is 5.72 Å². The SMILES string of the molecule is CN1CCCC12OC(=O)CCC2=O. The molecule has 2 saturated heterocycles. The normalized spacial score (nSPS) is 35.5. The molecule has 0 radical (unpaired) electrons. The van der Waals surface area contributed by atoms with Gasteiger partial charge in [-0.1, -0.05) is 0 Å². The molecule has 0 amide bonds. The number of Topliss-reactive ketones (excluding diaryl/α,β-unsaturated/α-hetero) is 1. The van der Waals surface area contributed by atoms with Crippen molar-refractivity contribution in [1.82, 2.24) is 4.90 Å². The van der Waals surface area contributed by atoms with Gasteiger partial charge in [-0.3, -0.25) is 14.5 Å². The highest BCUT2D eigenvalue weighted by Crippen LogP contribution is 2.34. The van der Waals surface area contributed by atoms with Gasteiger partial charge in [-0.2, -0.15) is 0 Å². The van der Waals surface area contributed by atoms with Crippen molar-refractivity contribution in [2.75, 3.05) is 13.6 Å². The first-order valence-electron chi connectivity index (χ1n) is 4.61. The molecule has 2 aliphatic heterocycles. The van der Waals surface area contributed by atoms with Crippen molar-refractivity contribution in [2.45, 2.75) is 31.4 Å². The van der Waals surface area contributed by atoms with Gasteiger partial charge < -0.3 is 4.74 Å². The summed E-state index contributed by atoms with van der Waals surface area (Å²) in [5.41, 5.74) is -0.894. The fourth-order valence-corrected chi connectivity index (χ4v) is 2.12. The first kappa shape index (κ1) is 8.69. The van der Waals surface area contributed by atoms with Crippen LogP contribution in [0.5, 0.6) is 0 Å². The van der Waals surface area contributed by atoms with Gasteiger partial charge in [0.15, 0.2) is 5.78 Å². The molecule has 1 spiro atoms. The third-order valence-corrected chi connectivity index (χ3v) is 2.90. The van der Waals surface area contributed by atoms with Gasteiger partial charge in [0.1, 0.15) is 0 Å². The van der Waals surface area contributed by atoms with Crippen LogP contribution in [0.25, 0.3) is 0 Å². The highest BCUT2D eigenvalue weighted by Gasteiger charge is 2.50. The Morgan fingerprint density at radius 1 is 1.38 bits per heavy atom. The second-order valence-electron chi connectivity index (χ2n) is 3.71. The molecule has 0 bridgehead atoms. The number of ether oxygens (including phenoxy) is 1. The zero-order chi connectivity index (χ0) is 9.47. The molecular weight excluding hydrogens is 170 g/mol. The summed E-state index contributed by atoms with van der Waals surface area (Å²) >= 11 is 0. The lowest BCUT2D eigenvalue weighted by atomic mass is 9.98. The lowest BCUT2D eigenvalue weighted by Crippen LogP contribution is -2.54. The quantitative estimate of drug-likeness (QED) is 0.507. The number of likely N-dealkylation sites (tertiary alicyclic amines) is 1. The molecule has 13 heavy (non-hydrogen) atoms. The van der Waals surface area contributed by atoms with Gasteiger partial charge >= 0.3 is 5.97 Å². The standard InChI is InChI=1S/C9H13NO3/c1-10-6-2-5-9(10)7(11)3-4-8(12)13-9/h2-6H2,1H3. The Balaban J connectivity index is 2.27. The minimum absolute atomic E-state index is 0.0621. The Hall–Kier alpha value is -0.900. The van der Waals surface area contributed by atoms with Crippen molar-refractivity contribution in [2.24, 2.45) is 0 Å². The number of hydrogen-bond donors (Lipinski definition) is 0. The van der Waals surface area contributed by atoms with E-state index in [2.05, 4.69) is 0 Å². The maximum atomic E-state index is 11.7. The highest BCUT2D eigenvalue weighted by atomic mass is 16.6. The van der Waals surface area contributed by atoms with E-state index in [9.17, 15) is 9.59 Å². The van der Waals surface area contributed by atoms with Crippen LogP contribution in [-0.4, -0.2) is 36.0 Å². The molecule has 2 aliphatic rings. The minimum atomic E-state index is -0.894. The van der Waals surface area contributed by atoms with E-state index in [1.807, 2.05) is 11.9 Å². The molecule has 0 N–H and O–H groups in total. The van der Waals surface area contributed by atoms with E-state index in [-0.39, 0.29) is 18.2 Å². The molecule has 0 saturated carbocycles. The van der Waals surface area contributed by atoms with Crippen LogP contribution in [0.2, 0.25) is 0 Å². The van der Waals surface area contributed by atoms with Gasteiger partial charge in [0.05, 0.1) is 6.42 Å². The van der Waals surface area contributed by atoms with Crippen molar-refractivity contribution in [3.63, 3.8) is 0 Å². The molecule has 2 fully saturated rings. The smallest absolute Gasteiger partial charge is 0.308 e. The second-order valence-corrected chi connectivity index (χ2v) is 3.71. The van der Waals surface area contributed by atoms with E-state index in [4.69, 9.17) is 4.74 Å². The van der Waals surface area contributed by atoms with Crippen LogP contribution in [0.3, 0.4) is 0 Å². The minimum Gasteiger partial charge on any atom is -0.436 e. The molecule has 2 rings (SSSR count). The summed E-state index contributed by atoms with van der Waals surface area (Å²) in [6.07, 6.45) is 2.17. The van der Waals surface area contributed by atoms with Crippen molar-refractivity contribution in [3.05, 3.63) is 0 Å². The predicted molar refractivity (Wildman–Crippen MR) is 44.9 cm³/mol. The molecule has 0 aromatic carbocycles. The summed E-state index contributed by atoms with van der Waals surface area (Å²) in [7, 11) is 1.84. The van der Waals surface area contributed by atoms with Gasteiger partial charge in [0.25, 0.3) is 0 Å². The van der Waals surface area contributed by atoms with Crippen LogP contribution in [0.15, 0.2) is 0 Å². The molecule has 0 aliphatic carbocycles. The van der Waals surface area contributed by atoms with Crippen LogP contribution in [0, 0.1) is 0 Å².